The Morgan fingerprint density at radius 2 is 1.82 bits per heavy atom. The zero-order valence-corrected chi connectivity index (χ0v) is 16.9. The largest absolute Gasteiger partial charge is 0.493 e. The predicted molar refractivity (Wildman–Crippen MR) is 109 cm³/mol. The summed E-state index contributed by atoms with van der Waals surface area (Å²) >= 11 is 0. The average Bonchev–Trinajstić information content (AvgIpc) is 2.72. The zero-order valence-electron chi connectivity index (χ0n) is 16.9. The highest BCUT2D eigenvalue weighted by Crippen LogP contribution is 2.38. The molecule has 2 atom stereocenters. The van der Waals surface area contributed by atoms with Gasteiger partial charge >= 0.3 is 0 Å². The average molecular weight is 387 g/mol. The van der Waals surface area contributed by atoms with Crippen molar-refractivity contribution < 1.29 is 14.3 Å². The van der Waals surface area contributed by atoms with Crippen LogP contribution in [0.5, 0.6) is 5.75 Å². The molecule has 1 aromatic carbocycles. The van der Waals surface area contributed by atoms with Crippen LogP contribution in [0.4, 0.5) is 0 Å². The van der Waals surface area contributed by atoms with E-state index in [4.69, 9.17) is 15.2 Å². The van der Waals surface area contributed by atoms with Crippen LogP contribution in [-0.4, -0.2) is 48.8 Å². The fraction of sp³-hybridized carbons (Fsp3) is 0.696. The van der Waals surface area contributed by atoms with E-state index in [2.05, 4.69) is 24.3 Å². The molecule has 154 valence electrons. The van der Waals surface area contributed by atoms with Gasteiger partial charge in [0.05, 0.1) is 25.4 Å². The van der Waals surface area contributed by atoms with Crippen molar-refractivity contribution in [3.8, 4) is 5.75 Å². The molecular formula is C23H34N2O3. The number of hydrogen-bond donors (Lipinski definition) is 1. The molecule has 3 aliphatic heterocycles. The van der Waals surface area contributed by atoms with Crippen LogP contribution in [0.25, 0.3) is 0 Å². The topological polar surface area (TPSA) is 64.8 Å². The highest BCUT2D eigenvalue weighted by Gasteiger charge is 2.33. The highest BCUT2D eigenvalue weighted by molar-refractivity contribution is 5.76. The molecule has 1 amide bonds. The quantitative estimate of drug-likeness (QED) is 0.740. The molecule has 2 bridgehead atoms. The van der Waals surface area contributed by atoms with Crippen LogP contribution >= 0.6 is 0 Å². The van der Waals surface area contributed by atoms with Gasteiger partial charge in [-0.3, -0.25) is 4.79 Å². The Morgan fingerprint density at radius 1 is 1.00 bits per heavy atom. The van der Waals surface area contributed by atoms with Crippen molar-refractivity contribution in [2.45, 2.75) is 81.9 Å². The normalized spacial score (nSPS) is 32.3. The number of para-hydroxylation sites is 1. The van der Waals surface area contributed by atoms with Gasteiger partial charge in [-0.2, -0.15) is 0 Å². The van der Waals surface area contributed by atoms with Crippen molar-refractivity contribution in [3.05, 3.63) is 29.8 Å². The van der Waals surface area contributed by atoms with Gasteiger partial charge < -0.3 is 20.1 Å². The van der Waals surface area contributed by atoms with Gasteiger partial charge in [-0.25, -0.2) is 0 Å². The van der Waals surface area contributed by atoms with Crippen LogP contribution in [0.1, 0.15) is 69.3 Å². The zero-order chi connectivity index (χ0) is 19.3. The number of nitrogens with zero attached hydrogens (tertiary/aromatic N) is 1. The smallest absolute Gasteiger partial charge is 0.222 e. The molecule has 0 spiro atoms. The van der Waals surface area contributed by atoms with Crippen molar-refractivity contribution in [2.24, 2.45) is 5.73 Å². The van der Waals surface area contributed by atoms with Gasteiger partial charge in [0.15, 0.2) is 0 Å². The number of rotatable bonds is 0. The van der Waals surface area contributed by atoms with E-state index in [1.165, 1.54) is 5.56 Å². The fourth-order valence-corrected chi connectivity index (χ4v) is 5.04. The first-order chi connectivity index (χ1) is 13.7. The Labute approximate surface area is 168 Å². The van der Waals surface area contributed by atoms with Crippen LogP contribution in [0, 0.1) is 0 Å². The molecule has 5 nitrogen and oxygen atoms in total. The van der Waals surface area contributed by atoms with Crippen molar-refractivity contribution in [3.63, 3.8) is 0 Å². The molecule has 4 aliphatic rings. The van der Waals surface area contributed by atoms with Crippen molar-refractivity contribution in [1.29, 1.82) is 0 Å². The number of carbonyl (C=O) groups is 1. The standard InChI is InChI=1S/C23H34N2O3/c24-20-7-5-14-25-21(20)16-28-18-12-10-17(11-13-18)19-6-1-2-8-22(19)27-15-4-3-9-23(25)26/h1-2,6,8,17-18,20-21H,3-5,7,9-16,24H2/t17?,18?,20-,21-/m0/s1. The summed E-state index contributed by atoms with van der Waals surface area (Å²) in [5.74, 6) is 1.80. The molecule has 0 unspecified atom stereocenters. The fourth-order valence-electron chi connectivity index (χ4n) is 5.04. The lowest BCUT2D eigenvalue weighted by Gasteiger charge is -2.41. The molecule has 2 fully saturated rings. The lowest BCUT2D eigenvalue weighted by molar-refractivity contribution is -0.138. The molecule has 1 aliphatic carbocycles. The number of hydrogen-bond acceptors (Lipinski definition) is 4. The first-order valence-corrected chi connectivity index (χ1v) is 11.1. The monoisotopic (exact) mass is 386 g/mol. The van der Waals surface area contributed by atoms with Gasteiger partial charge in [-0.15, -0.1) is 0 Å². The lowest BCUT2D eigenvalue weighted by atomic mass is 9.82. The predicted octanol–water partition coefficient (Wildman–Crippen LogP) is 3.61. The summed E-state index contributed by atoms with van der Waals surface area (Å²) < 4.78 is 12.4. The van der Waals surface area contributed by atoms with Gasteiger partial charge in [0.2, 0.25) is 5.91 Å². The number of carbonyl (C=O) groups excluding carboxylic acids is 1. The Hall–Kier alpha value is -1.59. The third kappa shape index (κ3) is 4.52. The summed E-state index contributed by atoms with van der Waals surface area (Å²) in [6, 6.07) is 8.53. The van der Waals surface area contributed by atoms with E-state index in [1.807, 2.05) is 4.90 Å². The second-order valence-corrected chi connectivity index (χ2v) is 8.61. The van der Waals surface area contributed by atoms with Gasteiger partial charge in [-0.05, 0) is 68.9 Å². The second kappa shape index (κ2) is 9.27. The molecule has 1 aromatic rings. The maximum Gasteiger partial charge on any atom is 0.222 e. The van der Waals surface area contributed by atoms with Gasteiger partial charge in [0.25, 0.3) is 0 Å². The molecule has 5 rings (SSSR count). The SMILES string of the molecule is N[C@H]1CCCN2C(=O)CCCCOc3ccccc3C3CCC(CC3)OC[C@@H]12. The van der Waals surface area contributed by atoms with E-state index in [0.29, 0.717) is 25.6 Å². The molecule has 1 saturated heterocycles. The molecule has 2 N–H and O–H groups in total. The summed E-state index contributed by atoms with van der Waals surface area (Å²) in [7, 11) is 0. The van der Waals surface area contributed by atoms with Crippen molar-refractivity contribution in [2.75, 3.05) is 19.8 Å². The maximum absolute atomic E-state index is 12.8. The Balaban J connectivity index is 1.49. The third-order valence-corrected chi connectivity index (χ3v) is 6.73. The minimum Gasteiger partial charge on any atom is -0.493 e. The van der Waals surface area contributed by atoms with E-state index in [9.17, 15) is 4.79 Å². The summed E-state index contributed by atoms with van der Waals surface area (Å²) in [6.07, 6.45) is 8.96. The molecule has 1 saturated carbocycles. The number of fused-ring (bicyclic) bond motifs is 8. The van der Waals surface area contributed by atoms with E-state index in [-0.39, 0.29) is 24.1 Å². The lowest BCUT2D eigenvalue weighted by Crippen LogP contribution is -2.56. The Kier molecular flexibility index (Phi) is 6.53. The molecule has 0 aromatic heterocycles. The maximum atomic E-state index is 12.8. The Morgan fingerprint density at radius 3 is 2.68 bits per heavy atom. The van der Waals surface area contributed by atoms with Gasteiger partial charge in [0, 0.05) is 19.0 Å². The van der Waals surface area contributed by atoms with Gasteiger partial charge in [0.1, 0.15) is 5.75 Å². The number of amides is 1. The third-order valence-electron chi connectivity index (χ3n) is 6.73. The van der Waals surface area contributed by atoms with Crippen LogP contribution < -0.4 is 10.5 Å². The molecule has 0 radical (unpaired) electrons. The van der Waals surface area contributed by atoms with Crippen LogP contribution in [0.2, 0.25) is 0 Å². The number of piperidine rings is 1. The second-order valence-electron chi connectivity index (χ2n) is 8.61. The first-order valence-electron chi connectivity index (χ1n) is 11.1. The molecular weight excluding hydrogens is 352 g/mol. The number of nitrogens with two attached hydrogens (primary N) is 1. The number of ether oxygens (including phenoxy) is 2. The first kappa shape index (κ1) is 19.7. The molecule has 3 heterocycles. The van der Waals surface area contributed by atoms with Crippen LogP contribution in [0.15, 0.2) is 24.3 Å². The van der Waals surface area contributed by atoms with E-state index >= 15 is 0 Å². The summed E-state index contributed by atoms with van der Waals surface area (Å²) in [6.45, 7) is 2.07. The van der Waals surface area contributed by atoms with E-state index in [0.717, 1.165) is 63.7 Å². The van der Waals surface area contributed by atoms with E-state index in [1.54, 1.807) is 0 Å². The Bertz CT molecular complexity index is 657. The minimum absolute atomic E-state index is 0.0307. The van der Waals surface area contributed by atoms with Crippen LogP contribution in [-0.2, 0) is 9.53 Å². The molecule has 28 heavy (non-hydrogen) atoms. The van der Waals surface area contributed by atoms with Crippen molar-refractivity contribution >= 4 is 5.91 Å². The molecule has 5 heteroatoms. The van der Waals surface area contributed by atoms with Crippen molar-refractivity contribution in [1.82, 2.24) is 4.90 Å². The summed E-state index contributed by atoms with van der Waals surface area (Å²) in [5.41, 5.74) is 7.73. The number of benzene rings is 1. The van der Waals surface area contributed by atoms with Gasteiger partial charge in [-0.1, -0.05) is 18.2 Å². The summed E-state index contributed by atoms with van der Waals surface area (Å²) in [4.78, 5) is 14.8. The summed E-state index contributed by atoms with van der Waals surface area (Å²) in [5, 5.41) is 0. The highest BCUT2D eigenvalue weighted by atomic mass is 16.5. The van der Waals surface area contributed by atoms with Crippen LogP contribution in [0.3, 0.4) is 0 Å². The minimum atomic E-state index is 0.0307. The van der Waals surface area contributed by atoms with E-state index < -0.39 is 0 Å².